The summed E-state index contributed by atoms with van der Waals surface area (Å²) in [4.78, 5) is 24.8. The van der Waals surface area contributed by atoms with Crippen molar-refractivity contribution in [2.75, 3.05) is 25.1 Å². The van der Waals surface area contributed by atoms with E-state index in [0.29, 0.717) is 29.6 Å². The second kappa shape index (κ2) is 9.23. The minimum atomic E-state index is -0.488. The van der Waals surface area contributed by atoms with Crippen LogP contribution in [-0.2, 0) is 0 Å². The van der Waals surface area contributed by atoms with Crippen molar-refractivity contribution in [2.24, 2.45) is 0 Å². The Kier molecular flexibility index (Phi) is 7.01. The van der Waals surface area contributed by atoms with Crippen LogP contribution in [0.2, 0.25) is 5.02 Å². The van der Waals surface area contributed by atoms with E-state index in [1.54, 1.807) is 48.3 Å². The molecule has 0 aliphatic rings. The highest BCUT2D eigenvalue weighted by molar-refractivity contribution is 6.30. The van der Waals surface area contributed by atoms with Crippen LogP contribution in [0.3, 0.4) is 0 Å². The molecule has 0 bridgehead atoms. The maximum Gasteiger partial charge on any atom is 0.293 e. The lowest BCUT2D eigenvalue weighted by molar-refractivity contribution is -0.384. The van der Waals surface area contributed by atoms with Crippen LogP contribution >= 0.6 is 11.6 Å². The first kappa shape index (κ1) is 20.5. The van der Waals surface area contributed by atoms with E-state index in [9.17, 15) is 14.9 Å². The molecule has 0 aromatic heterocycles. The number of benzene rings is 2. The van der Waals surface area contributed by atoms with Gasteiger partial charge in [-0.2, -0.15) is 0 Å². The lowest BCUT2D eigenvalue weighted by atomic mass is 10.1. The molecule has 1 N–H and O–H groups in total. The van der Waals surface area contributed by atoms with E-state index < -0.39 is 4.92 Å². The Morgan fingerprint density at radius 3 is 2.52 bits per heavy atom. The lowest BCUT2D eigenvalue weighted by Gasteiger charge is -2.20. The Labute approximate surface area is 163 Å². The molecular formula is C19H22ClN3O4. The van der Waals surface area contributed by atoms with Crippen molar-refractivity contribution in [1.82, 2.24) is 5.32 Å². The van der Waals surface area contributed by atoms with Crippen molar-refractivity contribution in [2.45, 2.75) is 19.9 Å². The van der Waals surface area contributed by atoms with Crippen LogP contribution in [-0.4, -0.2) is 37.1 Å². The standard InChI is InChI=1S/C19H22ClN3O4/c1-13(2)21-19(24)14-4-9-17(18(12-14)23(25)26)22(3)10-11-27-16-7-5-15(20)6-8-16/h4-9,12-13H,10-11H2,1-3H3,(H,21,24). The zero-order valence-electron chi connectivity index (χ0n) is 15.4. The predicted molar refractivity (Wildman–Crippen MR) is 106 cm³/mol. The van der Waals surface area contributed by atoms with Gasteiger partial charge in [-0.05, 0) is 50.2 Å². The molecular weight excluding hydrogens is 370 g/mol. The number of hydrogen-bond acceptors (Lipinski definition) is 5. The number of carbonyl (C=O) groups excluding carboxylic acids is 1. The van der Waals surface area contributed by atoms with E-state index in [1.165, 1.54) is 6.07 Å². The molecule has 144 valence electrons. The number of nitro benzene ring substituents is 1. The Bertz CT molecular complexity index is 809. The summed E-state index contributed by atoms with van der Waals surface area (Å²) >= 11 is 5.83. The average Bonchev–Trinajstić information content (AvgIpc) is 2.62. The van der Waals surface area contributed by atoms with Crippen LogP contribution in [0.5, 0.6) is 5.75 Å². The highest BCUT2D eigenvalue weighted by Gasteiger charge is 2.20. The number of likely N-dealkylation sites (N-methyl/N-ethyl adjacent to an activating group) is 1. The van der Waals surface area contributed by atoms with Gasteiger partial charge in [-0.3, -0.25) is 14.9 Å². The molecule has 2 aromatic rings. The molecule has 0 unspecified atom stereocenters. The second-order valence-electron chi connectivity index (χ2n) is 6.31. The van der Waals surface area contributed by atoms with Crippen molar-refractivity contribution in [3.05, 3.63) is 63.2 Å². The van der Waals surface area contributed by atoms with E-state index in [2.05, 4.69) is 5.32 Å². The van der Waals surface area contributed by atoms with Gasteiger partial charge in [0.1, 0.15) is 18.0 Å². The minimum absolute atomic E-state index is 0.0519. The number of nitrogens with zero attached hydrogens (tertiary/aromatic N) is 2. The molecule has 0 saturated heterocycles. The largest absolute Gasteiger partial charge is 0.492 e. The third-order valence-electron chi connectivity index (χ3n) is 3.77. The molecule has 7 nitrogen and oxygen atoms in total. The molecule has 2 rings (SSSR count). The van der Waals surface area contributed by atoms with Gasteiger partial charge in [0.2, 0.25) is 0 Å². The first-order valence-electron chi connectivity index (χ1n) is 8.46. The number of ether oxygens (including phenoxy) is 1. The van der Waals surface area contributed by atoms with Crippen molar-refractivity contribution < 1.29 is 14.5 Å². The van der Waals surface area contributed by atoms with Gasteiger partial charge in [-0.15, -0.1) is 0 Å². The Balaban J connectivity index is 2.07. The summed E-state index contributed by atoms with van der Waals surface area (Å²) in [5.41, 5.74) is 0.547. The van der Waals surface area contributed by atoms with Gasteiger partial charge in [-0.25, -0.2) is 0 Å². The fourth-order valence-electron chi connectivity index (χ4n) is 2.43. The van der Waals surface area contributed by atoms with Gasteiger partial charge in [0, 0.05) is 29.7 Å². The average molecular weight is 392 g/mol. The molecule has 0 aliphatic heterocycles. The number of rotatable bonds is 8. The Morgan fingerprint density at radius 2 is 1.93 bits per heavy atom. The van der Waals surface area contributed by atoms with E-state index in [0.717, 1.165) is 0 Å². The van der Waals surface area contributed by atoms with Gasteiger partial charge in [0.05, 0.1) is 11.5 Å². The van der Waals surface area contributed by atoms with Crippen LogP contribution in [0.25, 0.3) is 0 Å². The molecule has 2 aromatic carbocycles. The van der Waals surface area contributed by atoms with Gasteiger partial charge in [0.25, 0.3) is 11.6 Å². The first-order valence-corrected chi connectivity index (χ1v) is 8.84. The van der Waals surface area contributed by atoms with E-state index in [-0.39, 0.29) is 23.2 Å². The number of amides is 1. The van der Waals surface area contributed by atoms with Gasteiger partial charge >= 0.3 is 0 Å². The molecule has 0 atom stereocenters. The van der Waals surface area contributed by atoms with Crippen LogP contribution < -0.4 is 15.0 Å². The zero-order chi connectivity index (χ0) is 20.0. The third kappa shape index (κ3) is 5.86. The molecule has 0 fully saturated rings. The number of hydrogen-bond donors (Lipinski definition) is 1. The number of carbonyl (C=O) groups is 1. The van der Waals surface area contributed by atoms with Gasteiger partial charge < -0.3 is 15.0 Å². The summed E-state index contributed by atoms with van der Waals surface area (Å²) in [7, 11) is 1.74. The van der Waals surface area contributed by atoms with Crippen LogP contribution in [0.4, 0.5) is 11.4 Å². The summed E-state index contributed by atoms with van der Waals surface area (Å²) in [6, 6.07) is 11.4. The maximum atomic E-state index is 12.1. The summed E-state index contributed by atoms with van der Waals surface area (Å²) in [6.45, 7) is 4.43. The van der Waals surface area contributed by atoms with E-state index in [4.69, 9.17) is 16.3 Å². The third-order valence-corrected chi connectivity index (χ3v) is 4.03. The number of nitrogens with one attached hydrogen (secondary N) is 1. The molecule has 0 aliphatic carbocycles. The quantitative estimate of drug-likeness (QED) is 0.545. The van der Waals surface area contributed by atoms with Crippen molar-refractivity contribution in [3.8, 4) is 5.75 Å². The highest BCUT2D eigenvalue weighted by Crippen LogP contribution is 2.28. The van der Waals surface area contributed by atoms with Crippen molar-refractivity contribution >= 4 is 28.9 Å². The fourth-order valence-corrected chi connectivity index (χ4v) is 2.56. The molecule has 27 heavy (non-hydrogen) atoms. The Morgan fingerprint density at radius 1 is 1.26 bits per heavy atom. The normalized spacial score (nSPS) is 10.6. The van der Waals surface area contributed by atoms with Crippen LogP contribution in [0.15, 0.2) is 42.5 Å². The predicted octanol–water partition coefficient (Wildman–Crippen LogP) is 3.90. The van der Waals surface area contributed by atoms with Crippen molar-refractivity contribution in [3.63, 3.8) is 0 Å². The van der Waals surface area contributed by atoms with E-state index >= 15 is 0 Å². The zero-order valence-corrected chi connectivity index (χ0v) is 16.2. The molecule has 0 radical (unpaired) electrons. The molecule has 0 saturated carbocycles. The van der Waals surface area contributed by atoms with Gasteiger partial charge in [0.15, 0.2) is 0 Å². The SMILES string of the molecule is CC(C)NC(=O)c1ccc(N(C)CCOc2ccc(Cl)cc2)c([N+](=O)[O-])c1. The summed E-state index contributed by atoms with van der Waals surface area (Å²) in [6.07, 6.45) is 0. The number of anilines is 1. The summed E-state index contributed by atoms with van der Waals surface area (Å²) in [5.74, 6) is 0.330. The lowest BCUT2D eigenvalue weighted by Crippen LogP contribution is -2.30. The molecule has 0 heterocycles. The number of nitro groups is 1. The van der Waals surface area contributed by atoms with Crippen molar-refractivity contribution in [1.29, 1.82) is 0 Å². The summed E-state index contributed by atoms with van der Waals surface area (Å²) in [5, 5.41) is 14.8. The fraction of sp³-hybridized carbons (Fsp3) is 0.316. The van der Waals surface area contributed by atoms with Gasteiger partial charge in [-0.1, -0.05) is 11.6 Å². The monoisotopic (exact) mass is 391 g/mol. The van der Waals surface area contributed by atoms with E-state index in [1.807, 2.05) is 13.8 Å². The van der Waals surface area contributed by atoms with Crippen LogP contribution in [0.1, 0.15) is 24.2 Å². The topological polar surface area (TPSA) is 84.7 Å². The maximum absolute atomic E-state index is 12.1. The number of halogens is 1. The highest BCUT2D eigenvalue weighted by atomic mass is 35.5. The summed E-state index contributed by atoms with van der Waals surface area (Å²) < 4.78 is 5.62. The molecule has 1 amide bonds. The Hall–Kier alpha value is -2.80. The minimum Gasteiger partial charge on any atom is -0.492 e. The molecule has 8 heteroatoms. The second-order valence-corrected chi connectivity index (χ2v) is 6.75. The van der Waals surface area contributed by atoms with Crippen LogP contribution in [0, 0.1) is 10.1 Å². The first-order chi connectivity index (χ1) is 12.8. The smallest absolute Gasteiger partial charge is 0.293 e. The molecule has 0 spiro atoms.